The fraction of sp³-hybridized carbons (Fsp3) is 0.667. The molecule has 16 heavy (non-hydrogen) atoms. The first-order chi connectivity index (χ1) is 7.47. The van der Waals surface area contributed by atoms with E-state index in [0.29, 0.717) is 21.4 Å². The summed E-state index contributed by atoms with van der Waals surface area (Å²) < 4.78 is 0. The number of rotatable bonds is 8. The fourth-order valence-corrected chi connectivity index (χ4v) is 1.97. The van der Waals surface area contributed by atoms with Crippen molar-refractivity contribution in [1.29, 1.82) is 0 Å². The van der Waals surface area contributed by atoms with E-state index in [1.807, 2.05) is 5.82 Å². The molecule has 0 heterocycles. The van der Waals surface area contributed by atoms with Gasteiger partial charge in [0.05, 0.1) is 0 Å². The third-order valence-electron chi connectivity index (χ3n) is 1.81. The van der Waals surface area contributed by atoms with Crippen LogP contribution in [-0.2, 0) is 14.4 Å². The summed E-state index contributed by atoms with van der Waals surface area (Å²) in [7, 11) is 0. The first kappa shape index (κ1) is 14.9. The van der Waals surface area contributed by atoms with Gasteiger partial charge < -0.3 is 0 Å². The van der Waals surface area contributed by atoms with Gasteiger partial charge in [-0.15, -0.1) is 0 Å². The molecule has 1 atom stereocenters. The molecule has 0 rings (SSSR count). The van der Waals surface area contributed by atoms with Crippen LogP contribution in [0.15, 0.2) is 0 Å². The Labute approximate surface area is 99.6 Å². The van der Waals surface area contributed by atoms with Crippen LogP contribution in [0.25, 0.3) is 0 Å². The van der Waals surface area contributed by atoms with Gasteiger partial charge in [-0.2, -0.15) is 0 Å². The van der Waals surface area contributed by atoms with E-state index in [1.54, 1.807) is 0 Å². The molecule has 0 saturated carbocycles. The Morgan fingerprint density at radius 2 is 1.88 bits per heavy atom. The summed E-state index contributed by atoms with van der Waals surface area (Å²) in [5, 5.41) is 20.2. The van der Waals surface area contributed by atoms with Gasteiger partial charge in [0.1, 0.15) is 0 Å². The van der Waals surface area contributed by atoms with Crippen molar-refractivity contribution in [2.24, 2.45) is 0 Å². The normalized spacial score (nSPS) is 11.8. The monoisotopic (exact) mass is 297 g/mol. The Morgan fingerprint density at radius 3 is 2.31 bits per heavy atom. The van der Waals surface area contributed by atoms with E-state index in [1.165, 1.54) is 0 Å². The van der Waals surface area contributed by atoms with E-state index >= 15 is 0 Å². The molecule has 0 bridgehead atoms. The van der Waals surface area contributed by atoms with Crippen molar-refractivity contribution in [1.82, 2.24) is 5.32 Å². The maximum absolute atomic E-state index is 11.2. The number of carbonyl (C=O) groups excluding carboxylic acids is 1. The van der Waals surface area contributed by atoms with Gasteiger partial charge >= 0.3 is 99.2 Å². The van der Waals surface area contributed by atoms with Crippen LogP contribution in [0.1, 0.15) is 19.3 Å². The summed E-state index contributed by atoms with van der Waals surface area (Å²) in [5.41, 5.74) is 0. The summed E-state index contributed by atoms with van der Waals surface area (Å²) in [4.78, 5) is 32.1. The summed E-state index contributed by atoms with van der Waals surface area (Å²) >= 11 is 0.361. The van der Waals surface area contributed by atoms with Crippen molar-refractivity contribution in [2.45, 2.75) is 36.4 Å². The number of nitrogens with one attached hydrogen (secondary N) is 1. The van der Waals surface area contributed by atoms with E-state index in [-0.39, 0.29) is 12.8 Å². The van der Waals surface area contributed by atoms with Crippen LogP contribution in [0, 0.1) is 0 Å². The van der Waals surface area contributed by atoms with Gasteiger partial charge in [-0.05, 0) is 0 Å². The zero-order chi connectivity index (χ0) is 12.6. The molecule has 7 heteroatoms. The van der Waals surface area contributed by atoms with E-state index in [4.69, 9.17) is 10.2 Å². The zero-order valence-corrected chi connectivity index (χ0v) is 10.6. The molecule has 1 unspecified atom stereocenters. The minimum absolute atomic E-state index is 0.184. The standard InChI is InChI=1S/C9H15NO5Se/c1-16-5-4-6(9(14)15)10-7(11)2-3-8(12)13/h6H,2-5H2,1H3,(H,10,11)(H,12,13)(H,14,15). The Morgan fingerprint density at radius 1 is 1.25 bits per heavy atom. The number of hydrogen-bond donors (Lipinski definition) is 3. The predicted molar refractivity (Wildman–Crippen MR) is 57.5 cm³/mol. The molecule has 1 amide bonds. The fourth-order valence-electron chi connectivity index (χ4n) is 0.980. The molecule has 0 aliphatic heterocycles. The molecule has 6 nitrogen and oxygen atoms in total. The van der Waals surface area contributed by atoms with Gasteiger partial charge in [0, 0.05) is 0 Å². The SMILES string of the molecule is C[Se]CCC(NC(=O)CCC(=O)O)C(=O)O. The Kier molecular flexibility index (Phi) is 7.58. The number of hydrogen-bond acceptors (Lipinski definition) is 3. The van der Waals surface area contributed by atoms with Crippen LogP contribution in [0.2, 0.25) is 11.1 Å². The van der Waals surface area contributed by atoms with Crippen molar-refractivity contribution < 1.29 is 24.6 Å². The summed E-state index contributed by atoms with van der Waals surface area (Å²) in [5.74, 6) is -0.691. The number of amides is 1. The molecule has 0 aromatic heterocycles. The second-order valence-corrected chi connectivity index (χ2v) is 5.20. The molecule has 0 aliphatic rings. The molecular weight excluding hydrogens is 281 g/mol. The molecule has 0 spiro atoms. The van der Waals surface area contributed by atoms with Crippen molar-refractivity contribution in [3.8, 4) is 0 Å². The predicted octanol–water partition coefficient (Wildman–Crippen LogP) is -0.0187. The first-order valence-corrected chi connectivity index (χ1v) is 7.62. The second-order valence-electron chi connectivity index (χ2n) is 3.13. The van der Waals surface area contributed by atoms with E-state index in [0.717, 1.165) is 5.32 Å². The van der Waals surface area contributed by atoms with Crippen LogP contribution in [0.3, 0.4) is 0 Å². The average molecular weight is 296 g/mol. The van der Waals surface area contributed by atoms with Crippen molar-refractivity contribution in [3.05, 3.63) is 0 Å². The van der Waals surface area contributed by atoms with Crippen LogP contribution >= 0.6 is 0 Å². The van der Waals surface area contributed by atoms with Crippen LogP contribution in [0.4, 0.5) is 0 Å². The number of aliphatic carboxylic acids is 2. The van der Waals surface area contributed by atoms with Crippen LogP contribution in [0.5, 0.6) is 0 Å². The van der Waals surface area contributed by atoms with E-state index in [9.17, 15) is 14.4 Å². The van der Waals surface area contributed by atoms with Gasteiger partial charge in [0.15, 0.2) is 0 Å². The van der Waals surface area contributed by atoms with Crippen LogP contribution < -0.4 is 5.32 Å². The Balaban J connectivity index is 4.02. The first-order valence-electron chi connectivity index (χ1n) is 4.70. The van der Waals surface area contributed by atoms with Gasteiger partial charge in [0.25, 0.3) is 0 Å². The van der Waals surface area contributed by atoms with Gasteiger partial charge in [-0.25, -0.2) is 0 Å². The van der Waals surface area contributed by atoms with Gasteiger partial charge in [-0.3, -0.25) is 0 Å². The Hall–Kier alpha value is -1.07. The van der Waals surface area contributed by atoms with Gasteiger partial charge in [-0.1, -0.05) is 0 Å². The zero-order valence-electron chi connectivity index (χ0n) is 8.93. The van der Waals surface area contributed by atoms with Crippen LogP contribution in [-0.4, -0.2) is 49.1 Å². The average Bonchev–Trinajstić information content (AvgIpc) is 2.20. The number of carboxylic acids is 2. The Bertz CT molecular complexity index is 269. The second kappa shape index (κ2) is 8.12. The minimum atomic E-state index is -1.08. The summed E-state index contributed by atoms with van der Waals surface area (Å²) in [6.07, 6.45) is -0.0725. The molecule has 3 N–H and O–H groups in total. The summed E-state index contributed by atoms with van der Waals surface area (Å²) in [6.45, 7) is 0. The van der Waals surface area contributed by atoms with Crippen molar-refractivity contribution in [2.75, 3.05) is 0 Å². The summed E-state index contributed by atoms with van der Waals surface area (Å²) in [6, 6.07) is -0.900. The third kappa shape index (κ3) is 7.25. The molecule has 0 aromatic carbocycles. The number of carboxylic acid groups (broad SMARTS) is 2. The molecule has 0 aliphatic carbocycles. The number of carbonyl (C=O) groups is 3. The van der Waals surface area contributed by atoms with Crippen molar-refractivity contribution in [3.63, 3.8) is 0 Å². The third-order valence-corrected chi connectivity index (χ3v) is 3.16. The molecule has 92 valence electrons. The molecular formula is C9H15NO5Se. The van der Waals surface area contributed by atoms with Crippen molar-refractivity contribution >= 4 is 32.8 Å². The van der Waals surface area contributed by atoms with Gasteiger partial charge in [0.2, 0.25) is 0 Å². The molecule has 0 aromatic rings. The van der Waals surface area contributed by atoms with E-state index < -0.39 is 23.9 Å². The maximum atomic E-state index is 11.2. The molecule has 0 radical (unpaired) electrons. The molecule has 0 fully saturated rings. The van der Waals surface area contributed by atoms with E-state index in [2.05, 4.69) is 5.32 Å². The molecule has 0 saturated heterocycles. The topological polar surface area (TPSA) is 104 Å². The quantitative estimate of drug-likeness (QED) is 0.546.